The van der Waals surface area contributed by atoms with Crippen LogP contribution >= 0.6 is 11.6 Å². The van der Waals surface area contributed by atoms with Gasteiger partial charge in [-0.1, -0.05) is 17.7 Å². The highest BCUT2D eigenvalue weighted by atomic mass is 35.5. The van der Waals surface area contributed by atoms with E-state index in [9.17, 15) is 9.18 Å². The van der Waals surface area contributed by atoms with Crippen LogP contribution in [0.2, 0.25) is 5.02 Å². The summed E-state index contributed by atoms with van der Waals surface area (Å²) in [6, 6.07) is 4.78. The lowest BCUT2D eigenvalue weighted by Crippen LogP contribution is -2.51. The molecule has 2 saturated heterocycles. The monoisotopic (exact) mass is 353 g/mol. The number of likely N-dealkylation sites (tertiary alicyclic amines) is 1. The predicted molar refractivity (Wildman–Crippen MR) is 93.5 cm³/mol. The van der Waals surface area contributed by atoms with Crippen molar-refractivity contribution in [3.8, 4) is 0 Å². The molecule has 0 aliphatic carbocycles. The molecule has 1 atom stereocenters. The maximum atomic E-state index is 14.0. The molecule has 2 aliphatic rings. The van der Waals surface area contributed by atoms with Crippen LogP contribution in [0.15, 0.2) is 18.2 Å². The Bertz CT molecular complexity index is 569. The lowest BCUT2D eigenvalue weighted by atomic mass is 9.95. The molecule has 0 radical (unpaired) electrons. The van der Waals surface area contributed by atoms with Crippen LogP contribution in [0.3, 0.4) is 0 Å². The Balaban J connectivity index is 1.61. The Morgan fingerprint density at radius 2 is 2.00 bits per heavy atom. The molecule has 24 heavy (non-hydrogen) atoms. The summed E-state index contributed by atoms with van der Waals surface area (Å²) in [6.45, 7) is 5.54. The third-order valence-corrected chi connectivity index (χ3v) is 5.47. The lowest BCUT2D eigenvalue weighted by Gasteiger charge is -2.38. The summed E-state index contributed by atoms with van der Waals surface area (Å²) < 4.78 is 14.0. The van der Waals surface area contributed by atoms with E-state index in [1.165, 1.54) is 6.07 Å². The molecule has 6 heteroatoms. The Hall–Kier alpha value is -1.17. The van der Waals surface area contributed by atoms with E-state index >= 15 is 0 Å². The van der Waals surface area contributed by atoms with Crippen LogP contribution in [0, 0.1) is 11.7 Å². The molecule has 0 bridgehead atoms. The number of carbonyl (C=O) groups is 1. The van der Waals surface area contributed by atoms with E-state index in [2.05, 4.69) is 16.8 Å². The van der Waals surface area contributed by atoms with Gasteiger partial charge in [0.15, 0.2) is 0 Å². The van der Waals surface area contributed by atoms with Crippen LogP contribution in [0.25, 0.3) is 0 Å². The zero-order valence-corrected chi connectivity index (χ0v) is 14.9. The molecule has 3 rings (SSSR count). The Labute approximate surface area is 148 Å². The molecule has 1 aromatic carbocycles. The van der Waals surface area contributed by atoms with Gasteiger partial charge in [0, 0.05) is 49.9 Å². The minimum absolute atomic E-state index is 0.0210. The van der Waals surface area contributed by atoms with E-state index in [1.807, 2.05) is 4.90 Å². The average Bonchev–Trinajstić information content (AvgIpc) is 2.59. The van der Waals surface area contributed by atoms with Gasteiger partial charge in [-0.2, -0.15) is 0 Å². The van der Waals surface area contributed by atoms with Crippen LogP contribution in [0.1, 0.15) is 18.4 Å². The summed E-state index contributed by atoms with van der Waals surface area (Å²) in [4.78, 5) is 19.2. The van der Waals surface area contributed by atoms with E-state index in [4.69, 9.17) is 11.6 Å². The van der Waals surface area contributed by atoms with Crippen LogP contribution in [-0.2, 0) is 11.3 Å². The Kier molecular flexibility index (Phi) is 5.74. The van der Waals surface area contributed by atoms with Crippen LogP contribution in [0.5, 0.6) is 0 Å². The molecular weight excluding hydrogens is 329 g/mol. The van der Waals surface area contributed by atoms with Gasteiger partial charge in [0.25, 0.3) is 0 Å². The van der Waals surface area contributed by atoms with Crippen LogP contribution in [0.4, 0.5) is 4.39 Å². The van der Waals surface area contributed by atoms with E-state index in [0.717, 1.165) is 45.6 Å². The summed E-state index contributed by atoms with van der Waals surface area (Å²) in [6.07, 6.45) is 1.89. The van der Waals surface area contributed by atoms with Gasteiger partial charge in [0.2, 0.25) is 5.91 Å². The number of piperazine rings is 1. The molecule has 4 nitrogen and oxygen atoms in total. The average molecular weight is 354 g/mol. The van der Waals surface area contributed by atoms with Crippen LogP contribution in [-0.4, -0.2) is 66.9 Å². The fourth-order valence-electron chi connectivity index (χ4n) is 3.59. The fourth-order valence-corrected chi connectivity index (χ4v) is 3.82. The van der Waals surface area contributed by atoms with Crippen LogP contribution < -0.4 is 0 Å². The van der Waals surface area contributed by atoms with Crippen molar-refractivity contribution in [2.45, 2.75) is 19.4 Å². The first-order valence-corrected chi connectivity index (χ1v) is 9.05. The van der Waals surface area contributed by atoms with Gasteiger partial charge in [-0.3, -0.25) is 9.69 Å². The van der Waals surface area contributed by atoms with Gasteiger partial charge in [-0.25, -0.2) is 4.39 Å². The molecule has 132 valence electrons. The maximum Gasteiger partial charge on any atom is 0.227 e. The zero-order valence-electron chi connectivity index (χ0n) is 14.2. The second-order valence-corrected chi connectivity index (χ2v) is 7.31. The number of amides is 1. The molecule has 0 spiro atoms. The number of rotatable bonds is 3. The van der Waals surface area contributed by atoms with Crippen molar-refractivity contribution in [3.63, 3.8) is 0 Å². The SMILES string of the molecule is CN1CCN(C(=O)C2CCCN(Cc3c(F)cccc3Cl)C2)CC1. The molecule has 2 fully saturated rings. The number of piperidine rings is 1. The number of halogens is 2. The number of carbonyl (C=O) groups excluding carboxylic acids is 1. The number of hydrogen-bond acceptors (Lipinski definition) is 3. The van der Waals surface area contributed by atoms with Gasteiger partial charge in [-0.15, -0.1) is 0 Å². The van der Waals surface area contributed by atoms with Gasteiger partial charge >= 0.3 is 0 Å². The minimum atomic E-state index is -0.269. The molecule has 2 heterocycles. The summed E-state index contributed by atoms with van der Waals surface area (Å²) in [5, 5.41) is 0.461. The van der Waals surface area contributed by atoms with Crippen molar-refractivity contribution in [2.75, 3.05) is 46.3 Å². The highest BCUT2D eigenvalue weighted by Crippen LogP contribution is 2.25. The minimum Gasteiger partial charge on any atom is -0.340 e. The number of likely N-dealkylation sites (N-methyl/N-ethyl adjacent to an activating group) is 1. The Morgan fingerprint density at radius 3 is 2.71 bits per heavy atom. The topological polar surface area (TPSA) is 26.8 Å². The molecule has 1 amide bonds. The summed E-state index contributed by atoms with van der Waals surface area (Å²) in [5.74, 6) is 0.00940. The van der Waals surface area contributed by atoms with Crippen molar-refractivity contribution >= 4 is 17.5 Å². The maximum absolute atomic E-state index is 14.0. The lowest BCUT2D eigenvalue weighted by molar-refractivity contribution is -0.139. The number of nitrogens with zero attached hydrogens (tertiary/aromatic N) is 3. The van der Waals surface area contributed by atoms with Crippen molar-refractivity contribution in [1.82, 2.24) is 14.7 Å². The predicted octanol–water partition coefficient (Wildman–Crippen LogP) is 2.47. The molecule has 0 aromatic heterocycles. The molecule has 1 aromatic rings. The van der Waals surface area contributed by atoms with E-state index in [1.54, 1.807) is 12.1 Å². The van der Waals surface area contributed by atoms with Gasteiger partial charge < -0.3 is 9.80 Å². The van der Waals surface area contributed by atoms with Gasteiger partial charge in [-0.05, 0) is 38.6 Å². The van der Waals surface area contributed by atoms with Crippen molar-refractivity contribution in [3.05, 3.63) is 34.6 Å². The zero-order chi connectivity index (χ0) is 17.1. The summed E-state index contributed by atoms with van der Waals surface area (Å²) >= 11 is 6.14. The fraction of sp³-hybridized carbons (Fsp3) is 0.611. The second-order valence-electron chi connectivity index (χ2n) is 6.90. The number of benzene rings is 1. The largest absolute Gasteiger partial charge is 0.340 e. The van der Waals surface area contributed by atoms with E-state index in [-0.39, 0.29) is 17.6 Å². The molecule has 2 aliphatic heterocycles. The highest BCUT2D eigenvalue weighted by molar-refractivity contribution is 6.31. The smallest absolute Gasteiger partial charge is 0.227 e. The second kappa shape index (κ2) is 7.81. The van der Waals surface area contributed by atoms with E-state index < -0.39 is 0 Å². The standard InChI is InChI=1S/C18H25ClFN3O/c1-21-8-10-23(11-9-21)18(24)14-4-3-7-22(12-14)13-15-16(19)5-2-6-17(15)20/h2,5-6,14H,3-4,7-13H2,1H3. The van der Waals surface area contributed by atoms with Gasteiger partial charge in [0.05, 0.1) is 5.92 Å². The first-order chi connectivity index (χ1) is 11.5. The number of hydrogen-bond donors (Lipinski definition) is 0. The molecule has 0 N–H and O–H groups in total. The van der Waals surface area contributed by atoms with Gasteiger partial charge in [0.1, 0.15) is 5.82 Å². The highest BCUT2D eigenvalue weighted by Gasteiger charge is 2.31. The molecule has 0 saturated carbocycles. The Morgan fingerprint density at radius 1 is 1.25 bits per heavy atom. The molecular formula is C18H25ClFN3O. The first-order valence-electron chi connectivity index (χ1n) is 8.67. The van der Waals surface area contributed by atoms with Crippen molar-refractivity contribution in [2.24, 2.45) is 5.92 Å². The molecule has 1 unspecified atom stereocenters. The normalized spacial score (nSPS) is 23.5. The van der Waals surface area contributed by atoms with E-state index in [0.29, 0.717) is 23.7 Å². The third-order valence-electron chi connectivity index (χ3n) is 5.11. The third kappa shape index (κ3) is 4.08. The first kappa shape index (κ1) is 17.6. The van der Waals surface area contributed by atoms with Crippen molar-refractivity contribution in [1.29, 1.82) is 0 Å². The summed E-state index contributed by atoms with van der Waals surface area (Å²) in [7, 11) is 2.09. The summed E-state index contributed by atoms with van der Waals surface area (Å²) in [5.41, 5.74) is 0.534. The quantitative estimate of drug-likeness (QED) is 0.835. The van der Waals surface area contributed by atoms with Crippen molar-refractivity contribution < 1.29 is 9.18 Å².